The summed E-state index contributed by atoms with van der Waals surface area (Å²) in [5.74, 6) is -0.846. The molecule has 0 amide bonds. The number of rotatable bonds is 8. The Bertz CT molecular complexity index is 573. The van der Waals surface area contributed by atoms with Gasteiger partial charge >= 0.3 is 5.97 Å². The van der Waals surface area contributed by atoms with Crippen molar-refractivity contribution >= 4 is 23.4 Å². The highest BCUT2D eigenvalue weighted by atomic mass is 32.2. The molecular weight excluding hydrogens is 288 g/mol. The number of aliphatic carboxylic acids is 1. The minimum Gasteiger partial charge on any atom is -0.481 e. The van der Waals surface area contributed by atoms with Crippen molar-refractivity contribution < 1.29 is 9.90 Å². The molecule has 1 aromatic heterocycles. The minimum absolute atomic E-state index is 0.00259. The van der Waals surface area contributed by atoms with Gasteiger partial charge in [0.25, 0.3) is 0 Å². The normalized spacial score (nSPS) is 10.5. The fourth-order valence-corrected chi connectivity index (χ4v) is 2.59. The molecule has 0 bridgehead atoms. The number of carbonyl (C=O) groups is 1. The van der Waals surface area contributed by atoms with E-state index in [0.717, 1.165) is 19.5 Å². The topological polar surface area (TPSA) is 71.2 Å². The van der Waals surface area contributed by atoms with Crippen LogP contribution in [0.2, 0.25) is 0 Å². The quantitative estimate of drug-likeness (QED) is 0.752. The highest BCUT2D eigenvalue weighted by Crippen LogP contribution is 2.15. The second kappa shape index (κ2) is 7.68. The number of nitrogens with zero attached hydrogens (tertiary/aromatic N) is 4. The lowest BCUT2D eigenvalue weighted by Crippen LogP contribution is -2.19. The first-order chi connectivity index (χ1) is 10.2. The maximum atomic E-state index is 10.6. The SMILES string of the molecule is CN(CCCn1cnnc1SCC(=O)O)c1ccccc1. The van der Waals surface area contributed by atoms with Crippen molar-refractivity contribution in [3.8, 4) is 0 Å². The number of anilines is 1. The van der Waals surface area contributed by atoms with Crippen LogP contribution in [0.15, 0.2) is 41.8 Å². The van der Waals surface area contributed by atoms with E-state index in [9.17, 15) is 4.79 Å². The van der Waals surface area contributed by atoms with Gasteiger partial charge in [-0.15, -0.1) is 10.2 Å². The Balaban J connectivity index is 1.81. The first-order valence-corrected chi connectivity index (χ1v) is 7.64. The number of para-hydroxylation sites is 1. The summed E-state index contributed by atoms with van der Waals surface area (Å²) >= 11 is 1.19. The van der Waals surface area contributed by atoms with Crippen LogP contribution < -0.4 is 4.90 Å². The number of carboxylic acids is 1. The van der Waals surface area contributed by atoms with Crippen LogP contribution in [0.3, 0.4) is 0 Å². The second-order valence-electron chi connectivity index (χ2n) is 4.60. The van der Waals surface area contributed by atoms with Gasteiger partial charge < -0.3 is 14.6 Å². The van der Waals surface area contributed by atoms with E-state index in [1.54, 1.807) is 6.33 Å². The highest BCUT2D eigenvalue weighted by Gasteiger charge is 2.08. The average molecular weight is 306 g/mol. The summed E-state index contributed by atoms with van der Waals surface area (Å²) in [6.07, 6.45) is 2.58. The van der Waals surface area contributed by atoms with Crippen LogP contribution >= 0.6 is 11.8 Å². The predicted octanol–water partition coefficient (Wildman–Crippen LogP) is 1.98. The molecule has 112 valence electrons. The van der Waals surface area contributed by atoms with Gasteiger partial charge in [-0.2, -0.15) is 0 Å². The molecule has 0 saturated heterocycles. The van der Waals surface area contributed by atoms with E-state index in [-0.39, 0.29) is 5.75 Å². The van der Waals surface area contributed by atoms with Gasteiger partial charge in [0.2, 0.25) is 0 Å². The van der Waals surface area contributed by atoms with E-state index < -0.39 is 5.97 Å². The predicted molar refractivity (Wildman–Crippen MR) is 82.7 cm³/mol. The molecule has 0 aliphatic rings. The summed E-state index contributed by atoms with van der Waals surface area (Å²) in [5, 5.41) is 17.1. The Morgan fingerprint density at radius 1 is 1.38 bits per heavy atom. The summed E-state index contributed by atoms with van der Waals surface area (Å²) < 4.78 is 1.90. The molecule has 6 nitrogen and oxygen atoms in total. The van der Waals surface area contributed by atoms with Crippen molar-refractivity contribution in [2.24, 2.45) is 0 Å². The van der Waals surface area contributed by atoms with Gasteiger partial charge in [-0.05, 0) is 18.6 Å². The van der Waals surface area contributed by atoms with Crippen LogP contribution in [0.1, 0.15) is 6.42 Å². The largest absolute Gasteiger partial charge is 0.481 e. The van der Waals surface area contributed by atoms with E-state index in [2.05, 4.69) is 34.3 Å². The van der Waals surface area contributed by atoms with E-state index in [1.165, 1.54) is 17.4 Å². The summed E-state index contributed by atoms with van der Waals surface area (Å²) in [4.78, 5) is 12.8. The maximum absolute atomic E-state index is 10.6. The Labute approximate surface area is 127 Å². The number of thioether (sulfide) groups is 1. The van der Waals surface area contributed by atoms with Gasteiger partial charge in [0.05, 0.1) is 5.75 Å². The second-order valence-corrected chi connectivity index (χ2v) is 5.54. The Morgan fingerprint density at radius 2 is 2.14 bits per heavy atom. The molecule has 0 unspecified atom stereocenters. The van der Waals surface area contributed by atoms with Gasteiger partial charge in [-0.3, -0.25) is 4.79 Å². The van der Waals surface area contributed by atoms with Crippen LogP contribution in [0.4, 0.5) is 5.69 Å². The zero-order valence-electron chi connectivity index (χ0n) is 11.8. The summed E-state index contributed by atoms with van der Waals surface area (Å²) in [6.45, 7) is 1.68. The van der Waals surface area contributed by atoms with Gasteiger partial charge in [0, 0.05) is 25.8 Å². The standard InChI is InChI=1S/C14H18N4O2S/c1-17(12-6-3-2-4-7-12)8-5-9-18-11-15-16-14(18)21-10-13(19)20/h2-4,6-7,11H,5,8-10H2,1H3,(H,19,20). The van der Waals surface area contributed by atoms with Crippen LogP contribution in [0.25, 0.3) is 0 Å². The highest BCUT2D eigenvalue weighted by molar-refractivity contribution is 7.99. The third-order valence-corrected chi connectivity index (χ3v) is 3.96. The third kappa shape index (κ3) is 4.78. The average Bonchev–Trinajstić information content (AvgIpc) is 2.93. The van der Waals surface area contributed by atoms with Crippen molar-refractivity contribution in [2.45, 2.75) is 18.1 Å². The zero-order valence-corrected chi connectivity index (χ0v) is 12.7. The molecule has 0 aliphatic heterocycles. The molecule has 0 radical (unpaired) electrons. The monoisotopic (exact) mass is 306 g/mol. The molecule has 0 fully saturated rings. The summed E-state index contributed by atoms with van der Waals surface area (Å²) in [5.41, 5.74) is 1.18. The van der Waals surface area contributed by atoms with Crippen molar-refractivity contribution in [2.75, 3.05) is 24.2 Å². The van der Waals surface area contributed by atoms with Crippen LogP contribution in [-0.4, -0.2) is 45.2 Å². The molecule has 2 rings (SSSR count). The van der Waals surface area contributed by atoms with Crippen molar-refractivity contribution in [3.05, 3.63) is 36.7 Å². The first kappa shape index (κ1) is 15.4. The number of hydrogen-bond donors (Lipinski definition) is 1. The number of benzene rings is 1. The molecule has 0 saturated carbocycles. The molecule has 0 aliphatic carbocycles. The van der Waals surface area contributed by atoms with Crippen molar-refractivity contribution in [3.63, 3.8) is 0 Å². The maximum Gasteiger partial charge on any atom is 0.313 e. The molecule has 0 spiro atoms. The van der Waals surface area contributed by atoms with Gasteiger partial charge in [0.1, 0.15) is 6.33 Å². The molecule has 2 aromatic rings. The first-order valence-electron chi connectivity index (χ1n) is 6.65. The van der Waals surface area contributed by atoms with Crippen LogP contribution in [0, 0.1) is 0 Å². The molecule has 1 heterocycles. The third-order valence-electron chi connectivity index (χ3n) is 2.99. The fourth-order valence-electron chi connectivity index (χ4n) is 1.93. The Kier molecular flexibility index (Phi) is 5.62. The molecule has 7 heteroatoms. The molecule has 1 N–H and O–H groups in total. The van der Waals surface area contributed by atoms with Gasteiger partial charge in [-0.25, -0.2) is 0 Å². The number of carboxylic acid groups (broad SMARTS) is 1. The van der Waals surface area contributed by atoms with E-state index in [0.29, 0.717) is 5.16 Å². The molecule has 0 atom stereocenters. The number of aromatic nitrogens is 3. The van der Waals surface area contributed by atoms with Crippen molar-refractivity contribution in [1.29, 1.82) is 0 Å². The summed E-state index contributed by atoms with van der Waals surface area (Å²) in [6, 6.07) is 10.2. The Morgan fingerprint density at radius 3 is 2.86 bits per heavy atom. The molecule has 1 aromatic carbocycles. The molecular formula is C14H18N4O2S. The number of hydrogen-bond acceptors (Lipinski definition) is 5. The zero-order chi connectivity index (χ0) is 15.1. The van der Waals surface area contributed by atoms with Crippen LogP contribution in [0.5, 0.6) is 0 Å². The van der Waals surface area contributed by atoms with Gasteiger partial charge in [-0.1, -0.05) is 30.0 Å². The smallest absolute Gasteiger partial charge is 0.313 e. The van der Waals surface area contributed by atoms with Crippen LogP contribution in [-0.2, 0) is 11.3 Å². The lowest BCUT2D eigenvalue weighted by atomic mass is 10.3. The fraction of sp³-hybridized carbons (Fsp3) is 0.357. The van der Waals surface area contributed by atoms with E-state index in [4.69, 9.17) is 5.11 Å². The number of aryl methyl sites for hydroxylation is 1. The minimum atomic E-state index is -0.849. The Hall–Kier alpha value is -2.02. The van der Waals surface area contributed by atoms with E-state index in [1.807, 2.05) is 22.8 Å². The lowest BCUT2D eigenvalue weighted by molar-refractivity contribution is -0.133. The molecule has 21 heavy (non-hydrogen) atoms. The van der Waals surface area contributed by atoms with Crippen molar-refractivity contribution in [1.82, 2.24) is 14.8 Å². The van der Waals surface area contributed by atoms with E-state index >= 15 is 0 Å². The van der Waals surface area contributed by atoms with Gasteiger partial charge in [0.15, 0.2) is 5.16 Å². The summed E-state index contributed by atoms with van der Waals surface area (Å²) in [7, 11) is 2.06. The lowest BCUT2D eigenvalue weighted by Gasteiger charge is -2.19.